The van der Waals surface area contributed by atoms with Gasteiger partial charge >= 0.3 is 0 Å². The minimum absolute atomic E-state index is 0.0584. The summed E-state index contributed by atoms with van der Waals surface area (Å²) in [5.74, 6) is 0. The molecule has 0 bridgehead atoms. The van der Waals surface area contributed by atoms with Crippen molar-refractivity contribution in [3.8, 4) is 0 Å². The summed E-state index contributed by atoms with van der Waals surface area (Å²) in [6.07, 6.45) is 3.22. The van der Waals surface area contributed by atoms with E-state index < -0.39 is 4.92 Å². The summed E-state index contributed by atoms with van der Waals surface area (Å²) < 4.78 is 0. The molecule has 80 valence electrons. The molecule has 5 nitrogen and oxygen atoms in total. The minimum atomic E-state index is -0.430. The summed E-state index contributed by atoms with van der Waals surface area (Å²) in [6, 6.07) is 6.29. The average Bonchev–Trinajstić information content (AvgIpc) is 2.79. The third-order valence-electron chi connectivity index (χ3n) is 1.82. The molecule has 0 saturated carbocycles. The van der Waals surface area contributed by atoms with E-state index in [4.69, 9.17) is 0 Å². The summed E-state index contributed by atoms with van der Waals surface area (Å²) in [5.41, 5.74) is 0.743. The van der Waals surface area contributed by atoms with Gasteiger partial charge in [-0.25, -0.2) is 9.98 Å². The van der Waals surface area contributed by atoms with E-state index in [1.807, 2.05) is 5.38 Å². The molecule has 2 rings (SSSR count). The third kappa shape index (κ3) is 2.48. The highest BCUT2D eigenvalue weighted by Crippen LogP contribution is 2.16. The second-order valence-electron chi connectivity index (χ2n) is 2.92. The molecule has 0 N–H and O–H groups in total. The molecule has 0 unspecified atom stereocenters. The van der Waals surface area contributed by atoms with Gasteiger partial charge in [0.15, 0.2) is 0 Å². The van der Waals surface area contributed by atoms with Crippen molar-refractivity contribution in [2.45, 2.75) is 0 Å². The number of nitro benzene ring substituents is 1. The molecule has 0 spiro atoms. The maximum atomic E-state index is 10.5. The second kappa shape index (κ2) is 4.63. The van der Waals surface area contributed by atoms with Crippen LogP contribution in [0.25, 0.3) is 0 Å². The van der Waals surface area contributed by atoms with Gasteiger partial charge in [-0.1, -0.05) is 12.1 Å². The predicted octanol–water partition coefficient (Wildman–Crippen LogP) is 2.80. The third-order valence-corrected chi connectivity index (χ3v) is 2.50. The zero-order valence-corrected chi connectivity index (χ0v) is 8.92. The largest absolute Gasteiger partial charge is 0.270 e. The van der Waals surface area contributed by atoms with Crippen LogP contribution in [0.1, 0.15) is 5.56 Å². The van der Waals surface area contributed by atoms with Crippen molar-refractivity contribution < 1.29 is 4.92 Å². The van der Waals surface area contributed by atoms with E-state index in [9.17, 15) is 10.1 Å². The van der Waals surface area contributed by atoms with Gasteiger partial charge in [0.05, 0.1) is 4.92 Å². The molecular formula is C10H7N3O2S. The number of hydrogen-bond donors (Lipinski definition) is 0. The number of aromatic nitrogens is 1. The highest BCUT2D eigenvalue weighted by molar-refractivity contribution is 7.13. The van der Waals surface area contributed by atoms with Gasteiger partial charge in [0.1, 0.15) is 0 Å². The SMILES string of the molecule is O=[N+]([O-])c1cccc(C=Nc2nccs2)c1. The Morgan fingerprint density at radius 3 is 3.06 bits per heavy atom. The van der Waals surface area contributed by atoms with Crippen molar-refractivity contribution in [1.82, 2.24) is 4.98 Å². The molecule has 6 heteroatoms. The molecule has 16 heavy (non-hydrogen) atoms. The lowest BCUT2D eigenvalue weighted by Crippen LogP contribution is -1.89. The van der Waals surface area contributed by atoms with Crippen LogP contribution >= 0.6 is 11.3 Å². The number of rotatable bonds is 3. The zero-order chi connectivity index (χ0) is 11.4. The number of benzene rings is 1. The van der Waals surface area contributed by atoms with E-state index in [0.29, 0.717) is 10.7 Å². The molecule has 0 saturated heterocycles. The molecule has 1 aromatic carbocycles. The Kier molecular flexibility index (Phi) is 3.02. The topological polar surface area (TPSA) is 68.4 Å². The van der Waals surface area contributed by atoms with Crippen LogP contribution in [0.3, 0.4) is 0 Å². The fourth-order valence-electron chi connectivity index (χ4n) is 1.13. The van der Waals surface area contributed by atoms with Crippen LogP contribution in [-0.4, -0.2) is 16.1 Å². The molecule has 0 aliphatic carbocycles. The van der Waals surface area contributed by atoms with Gasteiger partial charge in [-0.05, 0) is 5.56 Å². The quantitative estimate of drug-likeness (QED) is 0.465. The fourth-order valence-corrected chi connectivity index (χ4v) is 1.61. The number of nitrogens with zero attached hydrogens (tertiary/aromatic N) is 3. The maximum absolute atomic E-state index is 10.5. The van der Waals surface area contributed by atoms with Crippen molar-refractivity contribution in [2.75, 3.05) is 0 Å². The van der Waals surface area contributed by atoms with Gasteiger partial charge in [-0.3, -0.25) is 10.1 Å². The highest BCUT2D eigenvalue weighted by atomic mass is 32.1. The van der Waals surface area contributed by atoms with Gasteiger partial charge < -0.3 is 0 Å². The molecule has 0 radical (unpaired) electrons. The van der Waals surface area contributed by atoms with E-state index in [1.165, 1.54) is 23.5 Å². The lowest BCUT2D eigenvalue weighted by atomic mass is 10.2. The Balaban J connectivity index is 2.22. The van der Waals surface area contributed by atoms with E-state index >= 15 is 0 Å². The highest BCUT2D eigenvalue weighted by Gasteiger charge is 2.03. The first kappa shape index (κ1) is 10.4. The van der Waals surface area contributed by atoms with Crippen LogP contribution < -0.4 is 0 Å². The monoisotopic (exact) mass is 233 g/mol. The minimum Gasteiger partial charge on any atom is -0.258 e. The van der Waals surface area contributed by atoms with Gasteiger partial charge in [0.2, 0.25) is 5.13 Å². The molecular weight excluding hydrogens is 226 g/mol. The molecule has 1 aromatic heterocycles. The van der Waals surface area contributed by atoms with Crippen LogP contribution in [0.5, 0.6) is 0 Å². The van der Waals surface area contributed by atoms with Crippen molar-refractivity contribution in [3.63, 3.8) is 0 Å². The first-order valence-electron chi connectivity index (χ1n) is 4.44. The van der Waals surface area contributed by atoms with Crippen molar-refractivity contribution in [3.05, 3.63) is 51.5 Å². The van der Waals surface area contributed by atoms with E-state index in [-0.39, 0.29) is 5.69 Å². The standard InChI is InChI=1S/C10H7N3O2S/c14-13(15)9-3-1-2-8(6-9)7-12-10-11-4-5-16-10/h1-7H. The van der Waals surface area contributed by atoms with Crippen molar-refractivity contribution in [2.24, 2.45) is 4.99 Å². The van der Waals surface area contributed by atoms with Crippen molar-refractivity contribution >= 4 is 28.4 Å². The average molecular weight is 233 g/mol. The van der Waals surface area contributed by atoms with Crippen LogP contribution in [0.2, 0.25) is 0 Å². The molecule has 0 atom stereocenters. The maximum Gasteiger partial charge on any atom is 0.270 e. The summed E-state index contributed by atoms with van der Waals surface area (Å²) in [5, 5.41) is 13.0. The summed E-state index contributed by atoms with van der Waals surface area (Å²) in [7, 11) is 0. The van der Waals surface area contributed by atoms with Gasteiger partial charge in [0.25, 0.3) is 5.69 Å². The zero-order valence-electron chi connectivity index (χ0n) is 8.11. The normalized spacial score (nSPS) is 10.8. The smallest absolute Gasteiger partial charge is 0.258 e. The Morgan fingerprint density at radius 1 is 1.50 bits per heavy atom. The van der Waals surface area contributed by atoms with Crippen LogP contribution in [0.15, 0.2) is 40.8 Å². The van der Waals surface area contributed by atoms with Crippen LogP contribution in [0.4, 0.5) is 10.8 Å². The molecule has 1 heterocycles. The van der Waals surface area contributed by atoms with Gasteiger partial charge in [-0.15, -0.1) is 11.3 Å². The Hall–Kier alpha value is -2.08. The summed E-state index contributed by atoms with van der Waals surface area (Å²) in [6.45, 7) is 0. The van der Waals surface area contributed by atoms with Gasteiger partial charge in [-0.2, -0.15) is 0 Å². The number of non-ortho nitro benzene ring substituents is 1. The van der Waals surface area contributed by atoms with E-state index in [1.54, 1.807) is 24.5 Å². The molecule has 2 aromatic rings. The lowest BCUT2D eigenvalue weighted by Gasteiger charge is -1.92. The van der Waals surface area contributed by atoms with Crippen molar-refractivity contribution in [1.29, 1.82) is 0 Å². The predicted molar refractivity (Wildman–Crippen MR) is 62.5 cm³/mol. The first-order valence-corrected chi connectivity index (χ1v) is 5.32. The molecule has 0 fully saturated rings. The fraction of sp³-hybridized carbons (Fsp3) is 0. The van der Waals surface area contributed by atoms with E-state index in [2.05, 4.69) is 9.98 Å². The molecule has 0 aliphatic heterocycles. The number of thiazole rings is 1. The van der Waals surface area contributed by atoms with Crippen LogP contribution in [-0.2, 0) is 0 Å². The Bertz CT molecular complexity index is 523. The number of aliphatic imine (C=N–C) groups is 1. The Labute approximate surface area is 95.3 Å². The van der Waals surface area contributed by atoms with Crippen LogP contribution in [0, 0.1) is 10.1 Å². The van der Waals surface area contributed by atoms with Gasteiger partial charge in [0, 0.05) is 29.9 Å². The van der Waals surface area contributed by atoms with E-state index in [0.717, 1.165) is 0 Å². The Morgan fingerprint density at radius 2 is 2.38 bits per heavy atom. The summed E-state index contributed by atoms with van der Waals surface area (Å²) >= 11 is 1.41. The lowest BCUT2D eigenvalue weighted by molar-refractivity contribution is -0.384. The second-order valence-corrected chi connectivity index (χ2v) is 3.80. The first-order chi connectivity index (χ1) is 7.75. The summed E-state index contributed by atoms with van der Waals surface area (Å²) in [4.78, 5) is 18.2. The molecule has 0 amide bonds. The number of nitro groups is 1. The number of hydrogen-bond acceptors (Lipinski definition) is 5. The molecule has 0 aliphatic rings.